The molecule has 0 saturated heterocycles. The highest BCUT2D eigenvalue weighted by atomic mass is 28.3. The minimum Gasteiger partial charge on any atom is -0.0930 e. The zero-order chi connectivity index (χ0) is 22.3. The molecule has 0 spiro atoms. The molecule has 4 aromatic carbocycles. The van der Waals surface area contributed by atoms with Crippen LogP contribution >= 0.6 is 0 Å². The SMILES string of the molecule is CC[Si](/C=C\[Si](CC)(c1ccccc1)c1ccccc1)(c1ccccc1)c1ccccc1. The molecule has 4 rings (SSSR count). The average Bonchev–Trinajstić information content (AvgIpc) is 2.89. The molecule has 0 fully saturated rings. The van der Waals surface area contributed by atoms with Crippen LogP contribution in [0.2, 0.25) is 12.1 Å². The number of benzene rings is 4. The summed E-state index contributed by atoms with van der Waals surface area (Å²) < 4.78 is 0. The smallest absolute Gasteiger partial charge is 0.0930 e. The van der Waals surface area contributed by atoms with E-state index in [0.717, 1.165) is 12.1 Å². The predicted octanol–water partition coefficient (Wildman–Crippen LogP) is 5.19. The fourth-order valence-corrected chi connectivity index (χ4v) is 14.0. The van der Waals surface area contributed by atoms with Crippen LogP contribution in [0.15, 0.2) is 133 Å². The molecule has 0 aromatic heterocycles. The third-order valence-electron chi connectivity index (χ3n) is 6.92. The van der Waals surface area contributed by atoms with E-state index in [1.165, 1.54) is 20.7 Å². The summed E-state index contributed by atoms with van der Waals surface area (Å²) in [5.74, 6) is 0. The van der Waals surface area contributed by atoms with Crippen molar-refractivity contribution in [2.24, 2.45) is 0 Å². The zero-order valence-electron chi connectivity index (χ0n) is 19.1. The van der Waals surface area contributed by atoms with Gasteiger partial charge in [0.25, 0.3) is 0 Å². The fraction of sp³-hybridized carbons (Fsp3) is 0.133. The molecule has 0 bridgehead atoms. The summed E-state index contributed by atoms with van der Waals surface area (Å²) in [6.45, 7) is 4.74. The maximum absolute atomic E-state index is 2.67. The van der Waals surface area contributed by atoms with Gasteiger partial charge >= 0.3 is 0 Å². The van der Waals surface area contributed by atoms with E-state index in [0.29, 0.717) is 0 Å². The van der Waals surface area contributed by atoms with Crippen LogP contribution in [-0.2, 0) is 0 Å². The van der Waals surface area contributed by atoms with Crippen LogP contribution < -0.4 is 20.7 Å². The van der Waals surface area contributed by atoms with E-state index in [1.807, 2.05) is 0 Å². The Morgan fingerprint density at radius 3 is 0.812 bits per heavy atom. The van der Waals surface area contributed by atoms with Crippen molar-refractivity contribution in [1.82, 2.24) is 0 Å². The summed E-state index contributed by atoms with van der Waals surface area (Å²) in [5, 5.41) is 5.96. The highest BCUT2D eigenvalue weighted by Crippen LogP contribution is 2.19. The van der Waals surface area contributed by atoms with Crippen molar-refractivity contribution in [3.8, 4) is 0 Å². The van der Waals surface area contributed by atoms with E-state index in [9.17, 15) is 0 Å². The van der Waals surface area contributed by atoms with Gasteiger partial charge in [0.1, 0.15) is 16.1 Å². The highest BCUT2D eigenvalue weighted by molar-refractivity contribution is 7.10. The minimum atomic E-state index is -2.06. The largest absolute Gasteiger partial charge is 0.140 e. The van der Waals surface area contributed by atoms with Crippen molar-refractivity contribution in [3.63, 3.8) is 0 Å². The van der Waals surface area contributed by atoms with Gasteiger partial charge in [-0.25, -0.2) is 0 Å². The Balaban J connectivity index is 1.95. The molecule has 160 valence electrons. The Kier molecular flexibility index (Phi) is 7.03. The quantitative estimate of drug-likeness (QED) is 0.326. The molecule has 0 N–H and O–H groups in total. The van der Waals surface area contributed by atoms with E-state index in [1.54, 1.807) is 0 Å². The molecule has 0 unspecified atom stereocenters. The minimum absolute atomic E-state index is 1.15. The Hall–Kier alpha value is -2.95. The van der Waals surface area contributed by atoms with Gasteiger partial charge in [0.05, 0.1) is 0 Å². The molecule has 0 aliphatic carbocycles. The van der Waals surface area contributed by atoms with E-state index in [2.05, 4.69) is 147 Å². The van der Waals surface area contributed by atoms with Crippen LogP contribution in [0.4, 0.5) is 0 Å². The molecule has 0 amide bonds. The van der Waals surface area contributed by atoms with Gasteiger partial charge in [-0.1, -0.05) is 147 Å². The average molecular weight is 449 g/mol. The van der Waals surface area contributed by atoms with Gasteiger partial charge in [0, 0.05) is 0 Å². The normalized spacial score (nSPS) is 12.2. The molecule has 0 nitrogen and oxygen atoms in total. The summed E-state index contributed by atoms with van der Waals surface area (Å²) in [6, 6.07) is 47.1. The lowest BCUT2D eigenvalue weighted by Gasteiger charge is -2.33. The maximum atomic E-state index is 2.67. The summed E-state index contributed by atoms with van der Waals surface area (Å²) >= 11 is 0. The molecular weight excluding hydrogens is 417 g/mol. The topological polar surface area (TPSA) is 0 Å². The summed E-state index contributed by atoms with van der Waals surface area (Å²) in [5.41, 5.74) is 5.35. The van der Waals surface area contributed by atoms with E-state index >= 15 is 0 Å². The van der Waals surface area contributed by atoms with Crippen LogP contribution in [0.5, 0.6) is 0 Å². The van der Waals surface area contributed by atoms with E-state index in [4.69, 9.17) is 0 Å². The van der Waals surface area contributed by atoms with Crippen LogP contribution in [0.25, 0.3) is 0 Å². The van der Waals surface area contributed by atoms with Gasteiger partial charge in [0.2, 0.25) is 0 Å². The Morgan fingerprint density at radius 2 is 0.625 bits per heavy atom. The van der Waals surface area contributed by atoms with E-state index < -0.39 is 16.1 Å². The molecule has 4 aromatic rings. The molecule has 2 heteroatoms. The second-order valence-electron chi connectivity index (χ2n) is 8.45. The Bertz CT molecular complexity index is 949. The number of hydrogen-bond acceptors (Lipinski definition) is 0. The predicted molar refractivity (Wildman–Crippen MR) is 146 cm³/mol. The van der Waals surface area contributed by atoms with Crippen molar-refractivity contribution in [1.29, 1.82) is 0 Å². The third-order valence-corrected chi connectivity index (χ3v) is 16.4. The van der Waals surface area contributed by atoms with Gasteiger partial charge in [-0.2, -0.15) is 0 Å². The highest BCUT2D eigenvalue weighted by Gasteiger charge is 2.37. The zero-order valence-corrected chi connectivity index (χ0v) is 21.1. The number of rotatable bonds is 8. The fourth-order valence-electron chi connectivity index (χ4n) is 5.00. The van der Waals surface area contributed by atoms with Gasteiger partial charge in [-0.05, 0) is 32.8 Å². The van der Waals surface area contributed by atoms with Crippen molar-refractivity contribution in [2.45, 2.75) is 25.9 Å². The molecule has 0 aliphatic heterocycles. The Morgan fingerprint density at radius 1 is 0.406 bits per heavy atom. The maximum Gasteiger partial charge on any atom is 0.140 e. The second-order valence-corrected chi connectivity index (χ2v) is 16.7. The lowest BCUT2D eigenvalue weighted by Crippen LogP contribution is -2.60. The van der Waals surface area contributed by atoms with E-state index in [-0.39, 0.29) is 0 Å². The monoisotopic (exact) mass is 448 g/mol. The first-order chi connectivity index (χ1) is 15.7. The van der Waals surface area contributed by atoms with Crippen molar-refractivity contribution < 1.29 is 0 Å². The molecule has 0 radical (unpaired) electrons. The van der Waals surface area contributed by atoms with Gasteiger partial charge in [-0.3, -0.25) is 0 Å². The first kappa shape index (κ1) is 22.3. The second kappa shape index (κ2) is 10.1. The number of hydrogen-bond donors (Lipinski definition) is 0. The van der Waals surface area contributed by atoms with Crippen LogP contribution in [0, 0.1) is 0 Å². The first-order valence-corrected chi connectivity index (χ1v) is 16.2. The third kappa shape index (κ3) is 4.21. The molecule has 0 saturated carbocycles. The van der Waals surface area contributed by atoms with Crippen LogP contribution in [0.1, 0.15) is 13.8 Å². The van der Waals surface area contributed by atoms with Gasteiger partial charge < -0.3 is 0 Å². The molecule has 0 atom stereocenters. The van der Waals surface area contributed by atoms with Crippen molar-refractivity contribution in [2.75, 3.05) is 0 Å². The Labute approximate surface area is 195 Å². The lowest BCUT2D eigenvalue weighted by atomic mass is 10.4. The van der Waals surface area contributed by atoms with Gasteiger partial charge in [-0.15, -0.1) is 0 Å². The molecule has 0 aliphatic rings. The van der Waals surface area contributed by atoms with Crippen LogP contribution in [0.3, 0.4) is 0 Å². The first-order valence-electron chi connectivity index (χ1n) is 11.7. The molecular formula is C30H32Si2. The molecule has 32 heavy (non-hydrogen) atoms. The summed E-state index contributed by atoms with van der Waals surface area (Å²) in [7, 11) is -4.12. The van der Waals surface area contributed by atoms with Crippen molar-refractivity contribution >= 4 is 36.9 Å². The summed E-state index contributed by atoms with van der Waals surface area (Å²) in [4.78, 5) is 0. The molecule has 0 heterocycles. The lowest BCUT2D eigenvalue weighted by molar-refractivity contribution is 1.39. The summed E-state index contributed by atoms with van der Waals surface area (Å²) in [6.07, 6.45) is 0. The van der Waals surface area contributed by atoms with Crippen LogP contribution in [-0.4, -0.2) is 16.1 Å². The standard InChI is InChI=1S/C30H32Si2/c1-3-31(27-17-9-5-10-18-27,28-19-11-6-12-20-28)25-26-32(4-2,29-21-13-7-14-22-29)30-23-15-8-16-24-30/h5-26H,3-4H2,1-2H3/b26-25-. The van der Waals surface area contributed by atoms with Crippen molar-refractivity contribution in [3.05, 3.63) is 133 Å². The van der Waals surface area contributed by atoms with Gasteiger partial charge in [0.15, 0.2) is 0 Å².